The van der Waals surface area contributed by atoms with E-state index in [2.05, 4.69) is 41.3 Å². The molecular formula is C15H33IN4. The summed E-state index contributed by atoms with van der Waals surface area (Å²) in [6.45, 7) is 11.3. The van der Waals surface area contributed by atoms with Crippen LogP contribution < -0.4 is 10.6 Å². The molecule has 20 heavy (non-hydrogen) atoms. The molecule has 1 heterocycles. The predicted molar refractivity (Wildman–Crippen MR) is 99.1 cm³/mol. The number of nitrogens with zero attached hydrogens (tertiary/aromatic N) is 2. The average Bonchev–Trinajstić information content (AvgIpc) is 2.80. The zero-order valence-corrected chi connectivity index (χ0v) is 15.9. The van der Waals surface area contributed by atoms with Crippen molar-refractivity contribution in [2.24, 2.45) is 10.9 Å². The largest absolute Gasteiger partial charge is 0.356 e. The van der Waals surface area contributed by atoms with E-state index in [0.29, 0.717) is 6.04 Å². The Hall–Kier alpha value is -0.0400. The van der Waals surface area contributed by atoms with Crippen LogP contribution in [-0.4, -0.2) is 50.1 Å². The van der Waals surface area contributed by atoms with Crippen molar-refractivity contribution in [2.75, 3.05) is 33.2 Å². The fourth-order valence-corrected chi connectivity index (χ4v) is 2.65. The summed E-state index contributed by atoms with van der Waals surface area (Å²) in [4.78, 5) is 6.90. The van der Waals surface area contributed by atoms with Crippen molar-refractivity contribution in [1.29, 1.82) is 0 Å². The maximum absolute atomic E-state index is 4.28. The molecule has 5 heteroatoms. The molecule has 0 unspecified atom stereocenters. The van der Waals surface area contributed by atoms with Gasteiger partial charge in [-0.25, -0.2) is 0 Å². The van der Waals surface area contributed by atoms with E-state index in [1.165, 1.54) is 38.8 Å². The standard InChI is InChI=1S/C15H32N4.HI/c1-5-6-9-17-15(16-4)18-11-14-8-7-10-19(14)12-13(2)3;/h13-14H,5-12H2,1-4H3,(H2,16,17,18);1H/t14-;/m1./s1. The van der Waals surface area contributed by atoms with Crippen molar-refractivity contribution in [3.8, 4) is 0 Å². The van der Waals surface area contributed by atoms with Crippen molar-refractivity contribution < 1.29 is 0 Å². The van der Waals surface area contributed by atoms with Gasteiger partial charge in [0.1, 0.15) is 0 Å². The van der Waals surface area contributed by atoms with E-state index in [-0.39, 0.29) is 24.0 Å². The molecule has 1 atom stereocenters. The molecule has 1 saturated heterocycles. The second-order valence-corrected chi connectivity index (χ2v) is 5.92. The number of halogens is 1. The van der Waals surface area contributed by atoms with Gasteiger partial charge in [0.15, 0.2) is 5.96 Å². The Morgan fingerprint density at radius 2 is 2.10 bits per heavy atom. The monoisotopic (exact) mass is 396 g/mol. The van der Waals surface area contributed by atoms with Gasteiger partial charge in [-0.2, -0.15) is 0 Å². The Morgan fingerprint density at radius 1 is 1.35 bits per heavy atom. The van der Waals surface area contributed by atoms with Crippen molar-refractivity contribution in [2.45, 2.75) is 52.5 Å². The van der Waals surface area contributed by atoms with Crippen LogP contribution in [0.5, 0.6) is 0 Å². The lowest BCUT2D eigenvalue weighted by molar-refractivity contribution is 0.226. The van der Waals surface area contributed by atoms with Crippen LogP contribution >= 0.6 is 24.0 Å². The van der Waals surface area contributed by atoms with Gasteiger partial charge in [-0.1, -0.05) is 27.2 Å². The van der Waals surface area contributed by atoms with Crippen molar-refractivity contribution >= 4 is 29.9 Å². The van der Waals surface area contributed by atoms with E-state index in [1.54, 1.807) is 0 Å². The van der Waals surface area contributed by atoms with Gasteiger partial charge >= 0.3 is 0 Å². The fraction of sp³-hybridized carbons (Fsp3) is 0.933. The van der Waals surface area contributed by atoms with E-state index in [0.717, 1.165) is 25.0 Å². The third-order valence-corrected chi connectivity index (χ3v) is 3.65. The Labute approximate surface area is 142 Å². The number of unbranched alkanes of at least 4 members (excludes halogenated alkanes) is 1. The van der Waals surface area contributed by atoms with Gasteiger partial charge < -0.3 is 10.6 Å². The van der Waals surface area contributed by atoms with E-state index in [4.69, 9.17) is 0 Å². The van der Waals surface area contributed by atoms with E-state index in [1.807, 2.05) is 7.05 Å². The lowest BCUT2D eigenvalue weighted by Crippen LogP contribution is -2.45. The summed E-state index contributed by atoms with van der Waals surface area (Å²) in [7, 11) is 1.85. The Kier molecular flexibility index (Phi) is 11.6. The second kappa shape index (κ2) is 11.6. The van der Waals surface area contributed by atoms with Gasteiger partial charge in [-0.3, -0.25) is 9.89 Å². The highest BCUT2D eigenvalue weighted by Crippen LogP contribution is 2.17. The van der Waals surface area contributed by atoms with Crippen LogP contribution in [0.2, 0.25) is 0 Å². The van der Waals surface area contributed by atoms with Crippen LogP contribution in [0.1, 0.15) is 46.5 Å². The number of hydrogen-bond donors (Lipinski definition) is 2. The summed E-state index contributed by atoms with van der Waals surface area (Å²) in [5, 5.41) is 6.84. The molecule has 0 aromatic rings. The summed E-state index contributed by atoms with van der Waals surface area (Å²) in [5.41, 5.74) is 0. The number of aliphatic imine (C=N–C) groups is 1. The highest BCUT2D eigenvalue weighted by atomic mass is 127. The second-order valence-electron chi connectivity index (χ2n) is 5.92. The molecule has 0 amide bonds. The lowest BCUT2D eigenvalue weighted by Gasteiger charge is -2.27. The summed E-state index contributed by atoms with van der Waals surface area (Å²) in [6.07, 6.45) is 5.06. The van der Waals surface area contributed by atoms with Crippen LogP contribution in [-0.2, 0) is 0 Å². The maximum Gasteiger partial charge on any atom is 0.191 e. The third kappa shape index (κ3) is 7.67. The van der Waals surface area contributed by atoms with Gasteiger partial charge in [-0.05, 0) is 31.7 Å². The normalized spacial score (nSPS) is 20.1. The minimum Gasteiger partial charge on any atom is -0.356 e. The summed E-state index contributed by atoms with van der Waals surface area (Å²) >= 11 is 0. The molecule has 2 N–H and O–H groups in total. The molecule has 4 nitrogen and oxygen atoms in total. The Balaban J connectivity index is 0.00000361. The van der Waals surface area contributed by atoms with Gasteiger partial charge in [-0.15, -0.1) is 24.0 Å². The molecule has 1 rings (SSSR count). The van der Waals surface area contributed by atoms with Gasteiger partial charge in [0, 0.05) is 32.7 Å². The first kappa shape index (κ1) is 20.0. The molecule has 0 bridgehead atoms. The topological polar surface area (TPSA) is 39.7 Å². The molecular weight excluding hydrogens is 363 g/mol. The number of guanidine groups is 1. The number of likely N-dealkylation sites (tertiary alicyclic amines) is 1. The SMILES string of the molecule is CCCCNC(=NC)NC[C@H]1CCCN1CC(C)C.I. The zero-order chi connectivity index (χ0) is 14.1. The molecule has 0 radical (unpaired) electrons. The van der Waals surface area contributed by atoms with E-state index < -0.39 is 0 Å². The zero-order valence-electron chi connectivity index (χ0n) is 13.6. The molecule has 0 aromatic carbocycles. The quantitative estimate of drug-likeness (QED) is 0.301. The van der Waals surface area contributed by atoms with Crippen LogP contribution in [0.25, 0.3) is 0 Å². The highest BCUT2D eigenvalue weighted by molar-refractivity contribution is 14.0. The predicted octanol–water partition coefficient (Wildman–Crippen LogP) is 2.69. The number of hydrogen-bond acceptors (Lipinski definition) is 2. The van der Waals surface area contributed by atoms with Crippen molar-refractivity contribution in [1.82, 2.24) is 15.5 Å². The minimum atomic E-state index is 0. The van der Waals surface area contributed by atoms with Crippen molar-refractivity contribution in [3.63, 3.8) is 0 Å². The molecule has 1 fully saturated rings. The van der Waals surface area contributed by atoms with E-state index in [9.17, 15) is 0 Å². The molecule has 120 valence electrons. The van der Waals surface area contributed by atoms with Gasteiger partial charge in [0.05, 0.1) is 0 Å². The molecule has 1 aliphatic rings. The molecule has 1 aliphatic heterocycles. The summed E-state index contributed by atoms with van der Waals surface area (Å²) in [6, 6.07) is 0.673. The third-order valence-electron chi connectivity index (χ3n) is 3.65. The average molecular weight is 396 g/mol. The molecule has 0 spiro atoms. The number of rotatable bonds is 7. The summed E-state index contributed by atoms with van der Waals surface area (Å²) < 4.78 is 0. The molecule has 0 saturated carbocycles. The van der Waals surface area contributed by atoms with Crippen LogP contribution in [0.15, 0.2) is 4.99 Å². The summed E-state index contributed by atoms with van der Waals surface area (Å²) in [5.74, 6) is 1.70. The lowest BCUT2D eigenvalue weighted by atomic mass is 10.1. The van der Waals surface area contributed by atoms with Gasteiger partial charge in [0.25, 0.3) is 0 Å². The maximum atomic E-state index is 4.28. The van der Waals surface area contributed by atoms with Crippen LogP contribution in [0.4, 0.5) is 0 Å². The smallest absolute Gasteiger partial charge is 0.191 e. The first-order chi connectivity index (χ1) is 9.17. The van der Waals surface area contributed by atoms with E-state index >= 15 is 0 Å². The molecule has 0 aliphatic carbocycles. The highest BCUT2D eigenvalue weighted by Gasteiger charge is 2.24. The van der Waals surface area contributed by atoms with Gasteiger partial charge in [0.2, 0.25) is 0 Å². The van der Waals surface area contributed by atoms with Crippen molar-refractivity contribution in [3.05, 3.63) is 0 Å². The Morgan fingerprint density at radius 3 is 2.70 bits per heavy atom. The molecule has 0 aromatic heterocycles. The first-order valence-corrected chi connectivity index (χ1v) is 7.86. The minimum absolute atomic E-state index is 0. The first-order valence-electron chi connectivity index (χ1n) is 7.86. The number of nitrogens with one attached hydrogen (secondary N) is 2. The Bertz CT molecular complexity index is 269. The fourth-order valence-electron chi connectivity index (χ4n) is 2.65. The van der Waals surface area contributed by atoms with Crippen LogP contribution in [0, 0.1) is 5.92 Å². The van der Waals surface area contributed by atoms with Crippen LogP contribution in [0.3, 0.4) is 0 Å².